The van der Waals surface area contributed by atoms with Gasteiger partial charge in [-0.3, -0.25) is 4.79 Å². The molecule has 0 saturated heterocycles. The van der Waals surface area contributed by atoms with Crippen LogP contribution in [0.1, 0.15) is 24.8 Å². The molecule has 0 N–H and O–H groups in total. The monoisotopic (exact) mass is 192 g/mol. The summed E-state index contributed by atoms with van der Waals surface area (Å²) in [7, 11) is 0. The van der Waals surface area contributed by atoms with Gasteiger partial charge in [-0.25, -0.2) is 14.4 Å². The molecule has 4 heteroatoms. The van der Waals surface area contributed by atoms with Crippen molar-refractivity contribution in [3.8, 4) is 0 Å². The molecule has 1 aliphatic rings. The van der Waals surface area contributed by atoms with Crippen molar-refractivity contribution >= 4 is 17.8 Å². The lowest BCUT2D eigenvalue weighted by molar-refractivity contribution is -0.112. The van der Waals surface area contributed by atoms with Gasteiger partial charge in [-0.1, -0.05) is 6.92 Å². The third-order valence-electron chi connectivity index (χ3n) is 2.23. The molecule has 0 aromatic carbocycles. The van der Waals surface area contributed by atoms with Gasteiger partial charge in [0.25, 0.3) is 0 Å². The van der Waals surface area contributed by atoms with E-state index in [2.05, 4.69) is 9.98 Å². The molecule has 0 amide bonds. The Balaban J connectivity index is 2.53. The highest BCUT2D eigenvalue weighted by molar-refractivity contribution is 6.28. The van der Waals surface area contributed by atoms with Gasteiger partial charge in [-0.2, -0.15) is 0 Å². The van der Waals surface area contributed by atoms with Gasteiger partial charge in [-0.15, -0.1) is 0 Å². The highest BCUT2D eigenvalue weighted by Crippen LogP contribution is 2.29. The maximum Gasteiger partial charge on any atom is 0.174 e. The number of aliphatic imine (C=N–C) groups is 1. The fourth-order valence-corrected chi connectivity index (χ4v) is 1.52. The van der Waals surface area contributed by atoms with Crippen molar-refractivity contribution in [2.75, 3.05) is 0 Å². The number of Topliss-reactive ketones (excluding diaryl/α,β-unsaturated/α-hetero) is 1. The Kier molecular flexibility index (Phi) is 2.11. The minimum Gasteiger partial charge on any atom is -0.293 e. The number of halogens is 1. The Bertz CT molecular complexity index is 415. The molecule has 1 atom stereocenters. The molecule has 0 fully saturated rings. The third kappa shape index (κ3) is 1.55. The fourth-order valence-electron chi connectivity index (χ4n) is 1.52. The predicted octanol–water partition coefficient (Wildman–Crippen LogP) is 2.00. The van der Waals surface area contributed by atoms with E-state index in [1.54, 1.807) is 0 Å². The summed E-state index contributed by atoms with van der Waals surface area (Å²) in [5.41, 5.74) is 0.701. The average Bonchev–Trinajstić information content (AvgIpc) is 2.27. The van der Waals surface area contributed by atoms with Crippen LogP contribution < -0.4 is 0 Å². The standard InChI is InChI=1S/C10H9FN2O/c1-6-2-8(14)5-13-10-9(6)3-7(11)4-12-10/h3-6H,2H2,1H3. The van der Waals surface area contributed by atoms with Gasteiger partial charge in [-0.05, 0) is 12.0 Å². The molecule has 1 unspecified atom stereocenters. The van der Waals surface area contributed by atoms with E-state index in [4.69, 9.17) is 0 Å². The molecule has 0 spiro atoms. The van der Waals surface area contributed by atoms with Crippen LogP contribution in [0.4, 0.5) is 10.2 Å². The SMILES string of the molecule is CC1CC(=O)C=Nc2ncc(F)cc21. The molecule has 14 heavy (non-hydrogen) atoms. The van der Waals surface area contributed by atoms with Crippen LogP contribution in [0.15, 0.2) is 17.3 Å². The molecule has 2 heterocycles. The van der Waals surface area contributed by atoms with Crippen LogP contribution in [0.5, 0.6) is 0 Å². The van der Waals surface area contributed by atoms with Gasteiger partial charge in [0.05, 0.1) is 12.4 Å². The molecule has 1 aromatic rings. The molecular formula is C10H9FN2O. The first-order valence-corrected chi connectivity index (χ1v) is 4.39. The lowest BCUT2D eigenvalue weighted by Crippen LogP contribution is -2.02. The molecule has 2 rings (SSSR count). The zero-order valence-corrected chi connectivity index (χ0v) is 7.70. The lowest BCUT2D eigenvalue weighted by atomic mass is 9.97. The van der Waals surface area contributed by atoms with Crippen molar-refractivity contribution in [3.05, 3.63) is 23.6 Å². The predicted molar refractivity (Wildman–Crippen MR) is 50.4 cm³/mol. The number of carbonyl (C=O) groups is 1. The normalized spacial score (nSPS) is 20.4. The second-order valence-corrected chi connectivity index (χ2v) is 3.40. The van der Waals surface area contributed by atoms with Crippen molar-refractivity contribution in [1.82, 2.24) is 4.98 Å². The van der Waals surface area contributed by atoms with Crippen LogP contribution in [0.25, 0.3) is 0 Å². The average molecular weight is 192 g/mol. The van der Waals surface area contributed by atoms with Crippen LogP contribution in [0.2, 0.25) is 0 Å². The summed E-state index contributed by atoms with van der Waals surface area (Å²) < 4.78 is 12.9. The summed E-state index contributed by atoms with van der Waals surface area (Å²) in [6.45, 7) is 1.87. The van der Waals surface area contributed by atoms with Crippen molar-refractivity contribution < 1.29 is 9.18 Å². The summed E-state index contributed by atoms with van der Waals surface area (Å²) in [5, 5.41) is 0. The first-order valence-electron chi connectivity index (χ1n) is 4.39. The molecule has 0 saturated carbocycles. The van der Waals surface area contributed by atoms with Gasteiger partial charge >= 0.3 is 0 Å². The summed E-state index contributed by atoms with van der Waals surface area (Å²) >= 11 is 0. The number of aromatic nitrogens is 1. The second kappa shape index (κ2) is 3.29. The zero-order valence-electron chi connectivity index (χ0n) is 7.70. The Morgan fingerprint density at radius 1 is 1.57 bits per heavy atom. The van der Waals surface area contributed by atoms with Gasteiger partial charge in [0.1, 0.15) is 5.82 Å². The van der Waals surface area contributed by atoms with Crippen LogP contribution in [-0.2, 0) is 4.79 Å². The molecule has 3 nitrogen and oxygen atoms in total. The minimum absolute atomic E-state index is 0.0248. The van der Waals surface area contributed by atoms with Gasteiger partial charge in [0.15, 0.2) is 11.6 Å². The van der Waals surface area contributed by atoms with Gasteiger partial charge in [0.2, 0.25) is 0 Å². The Morgan fingerprint density at radius 3 is 3.14 bits per heavy atom. The van der Waals surface area contributed by atoms with Gasteiger partial charge in [0, 0.05) is 12.0 Å². The summed E-state index contributed by atoms with van der Waals surface area (Å²) in [6, 6.07) is 1.39. The van der Waals surface area contributed by atoms with Crippen molar-refractivity contribution in [1.29, 1.82) is 0 Å². The first kappa shape index (κ1) is 8.99. The first-order chi connectivity index (χ1) is 6.66. The molecule has 72 valence electrons. The lowest BCUT2D eigenvalue weighted by Gasteiger charge is -2.08. The topological polar surface area (TPSA) is 42.3 Å². The van der Waals surface area contributed by atoms with E-state index in [9.17, 15) is 9.18 Å². The van der Waals surface area contributed by atoms with E-state index in [1.165, 1.54) is 12.3 Å². The van der Waals surface area contributed by atoms with Crippen molar-refractivity contribution in [2.45, 2.75) is 19.3 Å². The smallest absolute Gasteiger partial charge is 0.174 e. The third-order valence-corrected chi connectivity index (χ3v) is 2.23. The number of rotatable bonds is 0. The number of pyridine rings is 1. The Morgan fingerprint density at radius 2 is 2.36 bits per heavy atom. The zero-order chi connectivity index (χ0) is 10.1. The maximum atomic E-state index is 12.9. The Labute approximate surface area is 80.7 Å². The quantitative estimate of drug-likeness (QED) is 0.630. The number of fused-ring (bicyclic) bond motifs is 1. The number of hydrogen-bond donors (Lipinski definition) is 0. The molecule has 0 bridgehead atoms. The largest absolute Gasteiger partial charge is 0.293 e. The molecule has 0 radical (unpaired) electrons. The van der Waals surface area contributed by atoms with Crippen LogP contribution in [0.3, 0.4) is 0 Å². The second-order valence-electron chi connectivity index (χ2n) is 3.40. The summed E-state index contributed by atoms with van der Waals surface area (Å²) in [6.07, 6.45) is 2.73. The number of nitrogens with zero attached hydrogens (tertiary/aromatic N) is 2. The summed E-state index contributed by atoms with van der Waals surface area (Å²) in [4.78, 5) is 18.9. The molecule has 1 aliphatic heterocycles. The molecule has 0 aliphatic carbocycles. The maximum absolute atomic E-state index is 12.9. The van der Waals surface area contributed by atoms with E-state index in [0.29, 0.717) is 17.8 Å². The van der Waals surface area contributed by atoms with E-state index >= 15 is 0 Å². The summed E-state index contributed by atoms with van der Waals surface area (Å²) in [5.74, 6) is -0.0102. The van der Waals surface area contributed by atoms with Crippen LogP contribution >= 0.6 is 0 Å². The molecular weight excluding hydrogens is 183 g/mol. The van der Waals surface area contributed by atoms with Crippen molar-refractivity contribution in [3.63, 3.8) is 0 Å². The number of hydrogen-bond acceptors (Lipinski definition) is 3. The van der Waals surface area contributed by atoms with Crippen molar-refractivity contribution in [2.24, 2.45) is 4.99 Å². The fraction of sp³-hybridized carbons (Fsp3) is 0.300. The Hall–Kier alpha value is -1.58. The minimum atomic E-state index is -0.389. The van der Waals surface area contributed by atoms with Crippen LogP contribution in [0, 0.1) is 5.82 Å². The van der Waals surface area contributed by atoms with E-state index in [0.717, 1.165) is 6.20 Å². The number of carbonyl (C=O) groups excluding carboxylic acids is 1. The van der Waals surface area contributed by atoms with E-state index < -0.39 is 0 Å². The van der Waals surface area contributed by atoms with Crippen LogP contribution in [-0.4, -0.2) is 17.0 Å². The van der Waals surface area contributed by atoms with Gasteiger partial charge < -0.3 is 0 Å². The number of ketones is 1. The van der Waals surface area contributed by atoms with E-state index in [-0.39, 0.29) is 17.5 Å². The highest BCUT2D eigenvalue weighted by Gasteiger charge is 2.18. The highest BCUT2D eigenvalue weighted by atomic mass is 19.1. The molecule has 1 aromatic heterocycles. The van der Waals surface area contributed by atoms with E-state index in [1.807, 2.05) is 6.92 Å².